The summed E-state index contributed by atoms with van der Waals surface area (Å²) in [7, 11) is 0. The number of aromatic nitrogens is 3. The van der Waals surface area contributed by atoms with E-state index in [1.54, 1.807) is 0 Å². The second-order valence-corrected chi connectivity index (χ2v) is 17.8. The van der Waals surface area contributed by atoms with E-state index in [9.17, 15) is 5.26 Å². The van der Waals surface area contributed by atoms with Gasteiger partial charge in [-0.25, -0.2) is 14.8 Å². The molecule has 0 N–H and O–H groups in total. The zero-order chi connectivity index (χ0) is 42.5. The van der Waals surface area contributed by atoms with Gasteiger partial charge >= 0.3 is 0 Å². The van der Waals surface area contributed by atoms with E-state index < -0.39 is 0 Å². The summed E-state index contributed by atoms with van der Waals surface area (Å²) >= 11 is 0. The Bertz CT molecular complexity index is 3010. The fourth-order valence-corrected chi connectivity index (χ4v) is 8.23. The van der Waals surface area contributed by atoms with Crippen LogP contribution in [0.2, 0.25) is 0 Å². The van der Waals surface area contributed by atoms with E-state index in [1.165, 1.54) is 21.9 Å². The van der Waals surface area contributed by atoms with Crippen LogP contribution in [0, 0.1) is 17.9 Å². The minimum absolute atomic E-state index is 0.0625. The van der Waals surface area contributed by atoms with Crippen LogP contribution in [0.3, 0.4) is 0 Å². The van der Waals surface area contributed by atoms with Crippen molar-refractivity contribution < 1.29 is 0 Å². The largest absolute Gasteiger partial charge is 0.308 e. The molecule has 0 aliphatic heterocycles. The lowest BCUT2D eigenvalue weighted by molar-refractivity contribution is 0.590. The van der Waals surface area contributed by atoms with Crippen molar-refractivity contribution in [2.45, 2.75) is 52.4 Å². The number of hydrogen-bond acceptors (Lipinski definition) is 3. The Morgan fingerprint density at radius 1 is 0.508 bits per heavy atom. The lowest BCUT2D eigenvalue weighted by Crippen LogP contribution is -2.10. The van der Waals surface area contributed by atoms with Gasteiger partial charge in [0.05, 0.1) is 46.3 Å². The Morgan fingerprint density at radius 3 is 1.49 bits per heavy atom. The predicted octanol–water partition coefficient (Wildman–Crippen LogP) is 14.9. The first-order valence-electron chi connectivity index (χ1n) is 20.7. The van der Waals surface area contributed by atoms with Crippen molar-refractivity contribution in [2.75, 3.05) is 0 Å². The third-order valence-electron chi connectivity index (χ3n) is 11.5. The topological polar surface area (TPSA) is 58.9 Å². The molecule has 0 fully saturated rings. The van der Waals surface area contributed by atoms with Gasteiger partial charge in [-0.2, -0.15) is 5.26 Å². The van der Waals surface area contributed by atoms with E-state index in [4.69, 9.17) is 16.5 Å². The fourth-order valence-electron chi connectivity index (χ4n) is 8.23. The van der Waals surface area contributed by atoms with Crippen molar-refractivity contribution >= 4 is 27.5 Å². The molecule has 0 bridgehead atoms. The van der Waals surface area contributed by atoms with Crippen LogP contribution in [0.4, 0.5) is 5.69 Å². The highest BCUT2D eigenvalue weighted by Gasteiger charge is 2.26. The second kappa shape index (κ2) is 15.2. The smallest absolute Gasteiger partial charge is 0.187 e. The molecule has 5 nitrogen and oxygen atoms in total. The monoisotopic (exact) mass is 787 g/mol. The molecule has 0 aliphatic rings. The summed E-state index contributed by atoms with van der Waals surface area (Å²) in [5.41, 5.74) is 14.6. The second-order valence-electron chi connectivity index (χ2n) is 17.8. The first-order chi connectivity index (χ1) is 29.4. The SMILES string of the molecule is [C-]#[N+]c1cccc(-c2cc(-c3nc(-c4ccccc4)cc(-c4ccccc4)n3)cc(-c3cccc(C#N)c3)c2-n2c3ccc(C(C)(C)C)cc3c3cc(C(C)(C)C)ccc32)c1. The maximum absolute atomic E-state index is 10.2. The van der Waals surface area contributed by atoms with E-state index >= 15 is 0 Å². The Morgan fingerprint density at radius 2 is 1.00 bits per heavy atom. The quantitative estimate of drug-likeness (QED) is 0.158. The Labute approximate surface area is 358 Å². The minimum atomic E-state index is -0.0625. The number of nitrogens with zero attached hydrogens (tertiary/aromatic N) is 5. The minimum Gasteiger partial charge on any atom is -0.308 e. The average Bonchev–Trinajstić information content (AvgIpc) is 3.61. The molecular weight excluding hydrogens is 743 g/mol. The zero-order valence-electron chi connectivity index (χ0n) is 35.3. The highest BCUT2D eigenvalue weighted by molar-refractivity contribution is 6.11. The molecule has 0 aliphatic carbocycles. The summed E-state index contributed by atoms with van der Waals surface area (Å²) in [6.07, 6.45) is 0. The number of benzene rings is 7. The van der Waals surface area contributed by atoms with Gasteiger partial charge in [0, 0.05) is 38.6 Å². The molecule has 0 amide bonds. The Kier molecular flexibility index (Phi) is 9.70. The maximum Gasteiger partial charge on any atom is 0.187 e. The van der Waals surface area contributed by atoms with Crippen LogP contribution in [0.15, 0.2) is 164 Å². The standard InChI is InChI=1S/C56H45N5/c1-55(2,3)42-24-26-51-47(32-42)48-33-43(56(4,5)6)25-27-52(48)61(51)53-45(39-21-14-16-36(28-39)35-57)30-41(31-46(53)40-22-15-23-44(29-40)58-7)54-59-49(37-17-10-8-11-18-37)34-50(60-54)38-19-12-9-13-20-38/h8-34H,1-6H3. The van der Waals surface area contributed by atoms with Crippen molar-refractivity contribution in [3.05, 3.63) is 192 Å². The van der Waals surface area contributed by atoms with Gasteiger partial charge in [0.25, 0.3) is 0 Å². The molecule has 2 heterocycles. The van der Waals surface area contributed by atoms with Gasteiger partial charge in [-0.1, -0.05) is 145 Å². The molecule has 0 unspecified atom stereocenters. The molecule has 7 aromatic carbocycles. The zero-order valence-corrected chi connectivity index (χ0v) is 35.3. The first-order valence-corrected chi connectivity index (χ1v) is 20.7. The van der Waals surface area contributed by atoms with Gasteiger partial charge in [0.2, 0.25) is 0 Å². The first kappa shape index (κ1) is 38.9. The summed E-state index contributed by atoms with van der Waals surface area (Å²) in [5, 5.41) is 12.6. The summed E-state index contributed by atoms with van der Waals surface area (Å²) < 4.78 is 2.39. The number of rotatable bonds is 6. The Hall–Kier alpha value is -7.60. The van der Waals surface area contributed by atoms with Crippen LogP contribution in [-0.4, -0.2) is 14.5 Å². The summed E-state index contributed by atoms with van der Waals surface area (Å²) in [6, 6.07) is 58.6. The average molecular weight is 788 g/mol. The van der Waals surface area contributed by atoms with Crippen LogP contribution in [0.5, 0.6) is 0 Å². The maximum atomic E-state index is 10.2. The fraction of sp³-hybridized carbons (Fsp3) is 0.143. The molecular formula is C56H45N5. The molecule has 2 aromatic heterocycles. The van der Waals surface area contributed by atoms with E-state index in [1.807, 2.05) is 72.8 Å². The van der Waals surface area contributed by atoms with E-state index in [-0.39, 0.29) is 10.8 Å². The van der Waals surface area contributed by atoms with Gasteiger partial charge in [-0.15, -0.1) is 0 Å². The molecule has 9 rings (SSSR count). The molecule has 0 spiro atoms. The van der Waals surface area contributed by atoms with Crippen LogP contribution >= 0.6 is 0 Å². The normalized spacial score (nSPS) is 11.7. The van der Waals surface area contributed by atoms with Gasteiger partial charge in [-0.3, -0.25) is 0 Å². The van der Waals surface area contributed by atoms with Crippen molar-refractivity contribution in [1.29, 1.82) is 5.26 Å². The van der Waals surface area contributed by atoms with Crippen molar-refractivity contribution in [3.8, 4) is 67.9 Å². The van der Waals surface area contributed by atoms with Gasteiger partial charge in [0.15, 0.2) is 11.5 Å². The van der Waals surface area contributed by atoms with Crippen LogP contribution < -0.4 is 0 Å². The molecule has 0 radical (unpaired) electrons. The molecule has 5 heteroatoms. The van der Waals surface area contributed by atoms with E-state index in [0.717, 1.165) is 67.1 Å². The summed E-state index contributed by atoms with van der Waals surface area (Å²) in [4.78, 5) is 14.4. The van der Waals surface area contributed by atoms with Crippen LogP contribution in [0.25, 0.3) is 88.5 Å². The molecule has 9 aromatic rings. The summed E-state index contributed by atoms with van der Waals surface area (Å²) in [5.74, 6) is 0.568. The summed E-state index contributed by atoms with van der Waals surface area (Å²) in [6.45, 7) is 21.6. The molecule has 61 heavy (non-hydrogen) atoms. The molecule has 0 saturated heterocycles. The van der Waals surface area contributed by atoms with Crippen molar-refractivity contribution in [2.24, 2.45) is 0 Å². The molecule has 0 atom stereocenters. The van der Waals surface area contributed by atoms with Crippen LogP contribution in [-0.2, 0) is 10.8 Å². The number of hydrogen-bond donors (Lipinski definition) is 0. The number of nitriles is 1. The van der Waals surface area contributed by atoms with Gasteiger partial charge < -0.3 is 4.57 Å². The third kappa shape index (κ3) is 7.37. The van der Waals surface area contributed by atoms with E-state index in [2.05, 4.69) is 148 Å². The molecule has 294 valence electrons. The van der Waals surface area contributed by atoms with Crippen molar-refractivity contribution in [1.82, 2.24) is 14.5 Å². The highest BCUT2D eigenvalue weighted by Crippen LogP contribution is 2.46. The van der Waals surface area contributed by atoms with Crippen LogP contribution in [0.1, 0.15) is 58.2 Å². The van der Waals surface area contributed by atoms with Gasteiger partial charge in [0.1, 0.15) is 0 Å². The third-order valence-corrected chi connectivity index (χ3v) is 11.5. The highest BCUT2D eigenvalue weighted by atomic mass is 15.0. The van der Waals surface area contributed by atoms with Gasteiger partial charge in [-0.05, 0) is 93.7 Å². The molecule has 0 saturated carbocycles. The number of fused-ring (bicyclic) bond motifs is 3. The van der Waals surface area contributed by atoms with Crippen molar-refractivity contribution in [3.63, 3.8) is 0 Å². The predicted molar refractivity (Wildman–Crippen MR) is 252 cm³/mol. The lowest BCUT2D eigenvalue weighted by Gasteiger charge is -2.22. The Balaban J connectivity index is 1.45. The lowest BCUT2D eigenvalue weighted by atomic mass is 9.85. The van der Waals surface area contributed by atoms with E-state index in [0.29, 0.717) is 17.1 Å².